The van der Waals surface area contributed by atoms with Crippen LogP contribution < -0.4 is 4.74 Å². The SMILES string of the molecule is Cc1ccc(Oc2csc(C(=O)O)c2)cc1C. The lowest BCUT2D eigenvalue weighted by Gasteiger charge is -2.05. The van der Waals surface area contributed by atoms with Gasteiger partial charge in [0.1, 0.15) is 16.4 Å². The van der Waals surface area contributed by atoms with Crippen LogP contribution in [0.2, 0.25) is 0 Å². The molecule has 1 aromatic heterocycles. The van der Waals surface area contributed by atoms with Crippen molar-refractivity contribution in [1.82, 2.24) is 0 Å². The van der Waals surface area contributed by atoms with Crippen molar-refractivity contribution < 1.29 is 14.6 Å². The minimum absolute atomic E-state index is 0.281. The lowest BCUT2D eigenvalue weighted by atomic mass is 10.1. The standard InChI is InChI=1S/C13H12O3S/c1-8-3-4-10(5-9(8)2)16-11-6-12(13(14)15)17-7-11/h3-7H,1-2H3,(H,14,15). The first-order valence-electron chi connectivity index (χ1n) is 5.13. The second-order valence-electron chi connectivity index (χ2n) is 3.80. The normalized spacial score (nSPS) is 10.2. The zero-order valence-electron chi connectivity index (χ0n) is 9.56. The Kier molecular flexibility index (Phi) is 3.15. The van der Waals surface area contributed by atoms with Crippen molar-refractivity contribution in [1.29, 1.82) is 0 Å². The summed E-state index contributed by atoms with van der Waals surface area (Å²) in [5.41, 5.74) is 2.35. The van der Waals surface area contributed by atoms with E-state index in [9.17, 15) is 4.79 Å². The number of benzene rings is 1. The van der Waals surface area contributed by atoms with E-state index in [4.69, 9.17) is 9.84 Å². The van der Waals surface area contributed by atoms with Crippen LogP contribution >= 0.6 is 11.3 Å². The number of carbonyl (C=O) groups is 1. The molecule has 0 spiro atoms. The van der Waals surface area contributed by atoms with E-state index >= 15 is 0 Å². The van der Waals surface area contributed by atoms with Gasteiger partial charge in [-0.2, -0.15) is 0 Å². The van der Waals surface area contributed by atoms with Crippen LogP contribution in [-0.4, -0.2) is 11.1 Å². The Morgan fingerprint density at radius 2 is 1.94 bits per heavy atom. The molecule has 3 nitrogen and oxygen atoms in total. The Bertz CT molecular complexity index is 558. The Hall–Kier alpha value is -1.81. The summed E-state index contributed by atoms with van der Waals surface area (Å²) >= 11 is 1.16. The molecule has 0 fully saturated rings. The summed E-state index contributed by atoms with van der Waals surface area (Å²) in [4.78, 5) is 11.0. The predicted octanol–water partition coefficient (Wildman–Crippen LogP) is 3.86. The minimum atomic E-state index is -0.926. The first kappa shape index (κ1) is 11.7. The van der Waals surface area contributed by atoms with Gasteiger partial charge in [0.15, 0.2) is 0 Å². The predicted molar refractivity (Wildman–Crippen MR) is 67.3 cm³/mol. The zero-order valence-corrected chi connectivity index (χ0v) is 10.4. The third kappa shape index (κ3) is 2.65. The molecular weight excluding hydrogens is 236 g/mol. The van der Waals surface area contributed by atoms with Crippen molar-refractivity contribution in [2.45, 2.75) is 13.8 Å². The Morgan fingerprint density at radius 1 is 1.18 bits per heavy atom. The highest BCUT2D eigenvalue weighted by Gasteiger charge is 2.08. The number of hydrogen-bond acceptors (Lipinski definition) is 3. The summed E-state index contributed by atoms with van der Waals surface area (Å²) in [5, 5.41) is 10.5. The lowest BCUT2D eigenvalue weighted by molar-refractivity contribution is 0.0702. The largest absolute Gasteiger partial charge is 0.477 e. The molecule has 0 radical (unpaired) electrons. The van der Waals surface area contributed by atoms with Gasteiger partial charge in [0, 0.05) is 11.4 Å². The van der Waals surface area contributed by atoms with Crippen LogP contribution in [0.15, 0.2) is 29.6 Å². The van der Waals surface area contributed by atoms with Crippen molar-refractivity contribution in [2.75, 3.05) is 0 Å². The van der Waals surface area contributed by atoms with Gasteiger partial charge in [-0.15, -0.1) is 11.3 Å². The number of carboxylic acid groups (broad SMARTS) is 1. The molecule has 0 aliphatic carbocycles. The molecule has 0 unspecified atom stereocenters. The minimum Gasteiger partial charge on any atom is -0.477 e. The van der Waals surface area contributed by atoms with Gasteiger partial charge in [-0.05, 0) is 37.1 Å². The maximum atomic E-state index is 10.7. The molecule has 0 saturated carbocycles. The van der Waals surface area contributed by atoms with E-state index in [1.165, 1.54) is 11.6 Å². The maximum Gasteiger partial charge on any atom is 0.346 e. The van der Waals surface area contributed by atoms with Crippen LogP contribution in [0.1, 0.15) is 20.8 Å². The zero-order chi connectivity index (χ0) is 12.4. The van der Waals surface area contributed by atoms with Crippen molar-refractivity contribution in [3.05, 3.63) is 45.6 Å². The van der Waals surface area contributed by atoms with E-state index in [2.05, 4.69) is 0 Å². The topological polar surface area (TPSA) is 46.5 Å². The van der Waals surface area contributed by atoms with Crippen LogP contribution in [0.4, 0.5) is 0 Å². The quantitative estimate of drug-likeness (QED) is 0.897. The van der Waals surface area contributed by atoms with E-state index in [-0.39, 0.29) is 4.88 Å². The van der Waals surface area contributed by atoms with Crippen LogP contribution in [0.5, 0.6) is 11.5 Å². The van der Waals surface area contributed by atoms with Gasteiger partial charge >= 0.3 is 5.97 Å². The molecule has 2 rings (SSSR count). The fourth-order valence-electron chi connectivity index (χ4n) is 1.40. The van der Waals surface area contributed by atoms with Crippen molar-refractivity contribution in [3.8, 4) is 11.5 Å². The summed E-state index contributed by atoms with van der Waals surface area (Å²) in [7, 11) is 0. The number of carboxylic acids is 1. The third-order valence-electron chi connectivity index (χ3n) is 2.50. The maximum absolute atomic E-state index is 10.7. The third-order valence-corrected chi connectivity index (χ3v) is 3.40. The van der Waals surface area contributed by atoms with Gasteiger partial charge in [0.2, 0.25) is 0 Å². The van der Waals surface area contributed by atoms with E-state index < -0.39 is 5.97 Å². The highest BCUT2D eigenvalue weighted by Crippen LogP contribution is 2.28. The van der Waals surface area contributed by atoms with Crippen molar-refractivity contribution in [3.63, 3.8) is 0 Å². The van der Waals surface area contributed by atoms with Crippen LogP contribution in [0.3, 0.4) is 0 Å². The molecule has 0 aliphatic heterocycles. The van der Waals surface area contributed by atoms with Gasteiger partial charge in [0.25, 0.3) is 0 Å². The molecule has 4 heteroatoms. The van der Waals surface area contributed by atoms with E-state index in [1.807, 2.05) is 32.0 Å². The van der Waals surface area contributed by atoms with Gasteiger partial charge in [-0.3, -0.25) is 0 Å². The number of thiophene rings is 1. The summed E-state index contributed by atoms with van der Waals surface area (Å²) in [6.45, 7) is 4.05. The molecule has 88 valence electrons. The van der Waals surface area contributed by atoms with Gasteiger partial charge in [-0.25, -0.2) is 4.79 Å². The van der Waals surface area contributed by atoms with Crippen LogP contribution in [-0.2, 0) is 0 Å². The molecule has 2 aromatic rings. The summed E-state index contributed by atoms with van der Waals surface area (Å²) in [6.07, 6.45) is 0. The van der Waals surface area contributed by atoms with E-state index in [0.29, 0.717) is 5.75 Å². The fourth-order valence-corrected chi connectivity index (χ4v) is 2.04. The molecule has 1 heterocycles. The monoisotopic (exact) mass is 248 g/mol. The Labute approximate surface area is 103 Å². The number of hydrogen-bond donors (Lipinski definition) is 1. The highest BCUT2D eigenvalue weighted by atomic mass is 32.1. The second kappa shape index (κ2) is 4.59. The summed E-state index contributed by atoms with van der Waals surface area (Å²) in [5.74, 6) is 0.364. The van der Waals surface area contributed by atoms with Crippen molar-refractivity contribution >= 4 is 17.3 Å². The van der Waals surface area contributed by atoms with Gasteiger partial charge in [-0.1, -0.05) is 6.07 Å². The second-order valence-corrected chi connectivity index (χ2v) is 4.71. The molecule has 0 amide bonds. The number of aromatic carboxylic acids is 1. The van der Waals surface area contributed by atoms with Crippen molar-refractivity contribution in [2.24, 2.45) is 0 Å². The fraction of sp³-hybridized carbons (Fsp3) is 0.154. The summed E-state index contributed by atoms with van der Waals surface area (Å²) in [6, 6.07) is 7.32. The smallest absolute Gasteiger partial charge is 0.346 e. The average Bonchev–Trinajstić information content (AvgIpc) is 2.72. The molecule has 1 N–H and O–H groups in total. The molecule has 0 aliphatic rings. The van der Waals surface area contributed by atoms with Gasteiger partial charge < -0.3 is 9.84 Å². The average molecular weight is 248 g/mol. The number of aryl methyl sites for hydroxylation is 2. The van der Waals surface area contributed by atoms with Crippen LogP contribution in [0.25, 0.3) is 0 Å². The Morgan fingerprint density at radius 3 is 2.53 bits per heavy atom. The lowest BCUT2D eigenvalue weighted by Crippen LogP contribution is -1.90. The molecule has 0 bridgehead atoms. The molecule has 0 saturated heterocycles. The first-order valence-corrected chi connectivity index (χ1v) is 6.01. The number of ether oxygens (including phenoxy) is 1. The summed E-state index contributed by atoms with van der Waals surface area (Å²) < 4.78 is 5.59. The Balaban J connectivity index is 2.19. The van der Waals surface area contributed by atoms with E-state index in [1.54, 1.807) is 5.38 Å². The number of rotatable bonds is 3. The van der Waals surface area contributed by atoms with Crippen LogP contribution in [0, 0.1) is 13.8 Å². The van der Waals surface area contributed by atoms with Gasteiger partial charge in [0.05, 0.1) is 0 Å². The van der Waals surface area contributed by atoms with E-state index in [0.717, 1.165) is 22.6 Å². The highest BCUT2D eigenvalue weighted by molar-refractivity contribution is 7.12. The molecule has 0 atom stereocenters. The molecule has 17 heavy (non-hydrogen) atoms. The molecular formula is C13H12O3S. The first-order chi connectivity index (χ1) is 8.06. The molecule has 1 aromatic carbocycles.